The lowest BCUT2D eigenvalue weighted by molar-refractivity contribution is 0.414. The summed E-state index contributed by atoms with van der Waals surface area (Å²) < 4.78 is 25.3. The molecule has 0 saturated carbocycles. The van der Waals surface area contributed by atoms with E-state index in [9.17, 15) is 4.39 Å². The van der Waals surface area contributed by atoms with E-state index in [4.69, 9.17) is 9.47 Å². The van der Waals surface area contributed by atoms with E-state index in [1.54, 1.807) is 20.3 Å². The Kier molecular flexibility index (Phi) is 6.37. The lowest BCUT2D eigenvalue weighted by atomic mass is 10.1. The normalized spacial score (nSPS) is 10.8. The Morgan fingerprint density at radius 1 is 0.839 bits per heavy atom. The fourth-order valence-electron chi connectivity index (χ4n) is 3.49. The summed E-state index contributed by atoms with van der Waals surface area (Å²) in [5, 5.41) is 1.28. The van der Waals surface area contributed by atoms with Crippen molar-refractivity contribution in [1.82, 2.24) is 4.98 Å². The summed E-state index contributed by atoms with van der Waals surface area (Å²) in [6, 6.07) is 22.9. The van der Waals surface area contributed by atoms with Crippen LogP contribution in [0, 0.1) is 5.82 Å². The summed E-state index contributed by atoms with van der Waals surface area (Å²) in [6.07, 6.45) is 0. The van der Waals surface area contributed by atoms with Gasteiger partial charge >= 0.3 is 0 Å². The molecule has 0 atom stereocenters. The van der Waals surface area contributed by atoms with Gasteiger partial charge in [-0.2, -0.15) is 0 Å². The quantitative estimate of drug-likeness (QED) is 0.288. The number of anilines is 1. The maximum atomic E-state index is 14.3. The summed E-state index contributed by atoms with van der Waals surface area (Å²) in [7, 11) is 3.31. The third-order valence-electron chi connectivity index (χ3n) is 5.14. The Morgan fingerprint density at radius 2 is 1.39 bits per heavy atom. The van der Waals surface area contributed by atoms with Crippen molar-refractivity contribution in [3.05, 3.63) is 94.3 Å². The van der Waals surface area contributed by atoms with Crippen molar-refractivity contribution < 1.29 is 13.9 Å². The molecular weight excluding hydrogens is 459 g/mol. The molecule has 0 aliphatic heterocycles. The fraction of sp³-hybridized carbons (Fsp3) is 0.160. The molecular formula is C25H22BrFN2O2. The molecule has 0 radical (unpaired) electrons. The molecule has 0 N–H and O–H groups in total. The number of benzene rings is 3. The van der Waals surface area contributed by atoms with Crippen molar-refractivity contribution >= 4 is 32.5 Å². The number of ether oxygens (including phenoxy) is 2. The van der Waals surface area contributed by atoms with E-state index in [0.717, 1.165) is 33.8 Å². The van der Waals surface area contributed by atoms with Crippen LogP contribution >= 0.6 is 15.9 Å². The Morgan fingerprint density at radius 3 is 1.90 bits per heavy atom. The van der Waals surface area contributed by atoms with Gasteiger partial charge in [-0.15, -0.1) is 0 Å². The third kappa shape index (κ3) is 4.80. The van der Waals surface area contributed by atoms with Crippen LogP contribution < -0.4 is 14.4 Å². The van der Waals surface area contributed by atoms with Crippen molar-refractivity contribution in [2.24, 2.45) is 0 Å². The number of pyridine rings is 1. The maximum absolute atomic E-state index is 14.3. The fourth-order valence-corrected chi connectivity index (χ4v) is 4.09. The SMILES string of the molecule is COc1ccc(CN(Cc2ccc(OC)cc2)c2cc3cccc(F)c3c(Br)n2)cc1. The molecule has 0 fully saturated rings. The topological polar surface area (TPSA) is 34.6 Å². The first-order chi connectivity index (χ1) is 15.1. The van der Waals surface area contributed by atoms with Crippen LogP contribution in [0.2, 0.25) is 0 Å². The molecule has 0 aliphatic carbocycles. The highest BCUT2D eigenvalue weighted by atomic mass is 79.9. The first-order valence-electron chi connectivity index (χ1n) is 9.83. The zero-order valence-electron chi connectivity index (χ0n) is 17.3. The number of rotatable bonds is 7. The molecule has 0 bridgehead atoms. The van der Waals surface area contributed by atoms with E-state index >= 15 is 0 Å². The summed E-state index contributed by atoms with van der Waals surface area (Å²) >= 11 is 3.46. The second-order valence-corrected chi connectivity index (χ2v) is 7.91. The van der Waals surface area contributed by atoms with Gasteiger partial charge in [0.25, 0.3) is 0 Å². The van der Waals surface area contributed by atoms with E-state index in [2.05, 4.69) is 25.8 Å². The number of nitrogens with zero attached hydrogens (tertiary/aromatic N) is 2. The molecule has 31 heavy (non-hydrogen) atoms. The minimum Gasteiger partial charge on any atom is -0.497 e. The molecule has 4 aromatic rings. The van der Waals surface area contributed by atoms with Crippen molar-refractivity contribution in [3.63, 3.8) is 0 Å². The Labute approximate surface area is 189 Å². The summed E-state index contributed by atoms with van der Waals surface area (Å²) in [4.78, 5) is 6.84. The predicted octanol–water partition coefficient (Wildman–Crippen LogP) is 6.36. The van der Waals surface area contributed by atoms with Gasteiger partial charge in [0, 0.05) is 13.1 Å². The molecule has 0 unspecified atom stereocenters. The number of hydrogen-bond acceptors (Lipinski definition) is 4. The van der Waals surface area contributed by atoms with Gasteiger partial charge in [-0.05, 0) is 68.8 Å². The van der Waals surface area contributed by atoms with Gasteiger partial charge in [0.15, 0.2) is 0 Å². The Balaban J connectivity index is 1.72. The summed E-state index contributed by atoms with van der Waals surface area (Å²) in [5.74, 6) is 2.09. The van der Waals surface area contributed by atoms with E-state index in [0.29, 0.717) is 23.1 Å². The molecule has 158 valence electrons. The number of halogens is 2. The van der Waals surface area contributed by atoms with Gasteiger partial charge in [-0.3, -0.25) is 0 Å². The second-order valence-electron chi connectivity index (χ2n) is 7.16. The van der Waals surface area contributed by atoms with Crippen LogP contribution in [-0.2, 0) is 13.1 Å². The van der Waals surface area contributed by atoms with Crippen LogP contribution in [0.3, 0.4) is 0 Å². The van der Waals surface area contributed by atoms with Gasteiger partial charge in [0.2, 0.25) is 0 Å². The highest BCUT2D eigenvalue weighted by Gasteiger charge is 2.15. The number of aromatic nitrogens is 1. The first-order valence-corrected chi connectivity index (χ1v) is 10.6. The van der Waals surface area contributed by atoms with Crippen LogP contribution in [0.5, 0.6) is 11.5 Å². The highest BCUT2D eigenvalue weighted by molar-refractivity contribution is 9.10. The number of methoxy groups -OCH3 is 2. The van der Waals surface area contributed by atoms with E-state index < -0.39 is 0 Å². The highest BCUT2D eigenvalue weighted by Crippen LogP contribution is 2.30. The minimum absolute atomic E-state index is 0.291. The van der Waals surface area contributed by atoms with Gasteiger partial charge in [-0.1, -0.05) is 36.4 Å². The molecule has 0 aliphatic rings. The number of fused-ring (bicyclic) bond motifs is 1. The average Bonchev–Trinajstić information content (AvgIpc) is 2.79. The van der Waals surface area contributed by atoms with Gasteiger partial charge in [-0.25, -0.2) is 9.37 Å². The van der Waals surface area contributed by atoms with E-state index in [1.165, 1.54) is 6.07 Å². The monoisotopic (exact) mass is 480 g/mol. The van der Waals surface area contributed by atoms with Crippen LogP contribution in [0.4, 0.5) is 10.2 Å². The van der Waals surface area contributed by atoms with Gasteiger partial charge < -0.3 is 14.4 Å². The molecule has 4 rings (SSSR count). The molecule has 1 aromatic heterocycles. The molecule has 1 heterocycles. The molecule has 0 amide bonds. The first kappa shape index (κ1) is 21.1. The van der Waals surface area contributed by atoms with E-state index in [-0.39, 0.29) is 5.82 Å². The predicted molar refractivity (Wildman–Crippen MR) is 125 cm³/mol. The van der Waals surface area contributed by atoms with Crippen molar-refractivity contribution in [2.45, 2.75) is 13.1 Å². The van der Waals surface area contributed by atoms with Gasteiger partial charge in [0.05, 0.1) is 19.6 Å². The summed E-state index contributed by atoms with van der Waals surface area (Å²) in [6.45, 7) is 1.27. The zero-order valence-corrected chi connectivity index (χ0v) is 18.9. The largest absolute Gasteiger partial charge is 0.497 e. The average molecular weight is 481 g/mol. The number of hydrogen-bond donors (Lipinski definition) is 0. The summed E-state index contributed by atoms with van der Waals surface area (Å²) in [5.41, 5.74) is 2.23. The molecule has 3 aromatic carbocycles. The van der Waals surface area contributed by atoms with Crippen molar-refractivity contribution in [1.29, 1.82) is 0 Å². The minimum atomic E-state index is -0.291. The van der Waals surface area contributed by atoms with Crippen molar-refractivity contribution in [3.8, 4) is 11.5 Å². The third-order valence-corrected chi connectivity index (χ3v) is 5.71. The van der Waals surface area contributed by atoms with Crippen LogP contribution in [-0.4, -0.2) is 19.2 Å². The van der Waals surface area contributed by atoms with Crippen molar-refractivity contribution in [2.75, 3.05) is 19.1 Å². The molecule has 0 saturated heterocycles. The molecule has 0 spiro atoms. The van der Waals surface area contributed by atoms with Crippen LogP contribution in [0.1, 0.15) is 11.1 Å². The Hall–Kier alpha value is -3.12. The standard InChI is InChI=1S/C25H22BrFN2O2/c1-30-20-10-6-17(7-11-20)15-29(16-18-8-12-21(31-2)13-9-18)23-14-19-4-3-5-22(27)24(19)25(26)28-23/h3-14H,15-16H2,1-2H3. The van der Waals surface area contributed by atoms with E-state index in [1.807, 2.05) is 60.7 Å². The molecule has 4 nitrogen and oxygen atoms in total. The van der Waals surface area contributed by atoms with Crippen LogP contribution in [0.15, 0.2) is 77.4 Å². The lowest BCUT2D eigenvalue weighted by Crippen LogP contribution is -2.23. The smallest absolute Gasteiger partial charge is 0.133 e. The lowest BCUT2D eigenvalue weighted by Gasteiger charge is -2.25. The zero-order chi connectivity index (χ0) is 21.8. The second kappa shape index (κ2) is 9.35. The molecule has 6 heteroatoms. The Bertz CT molecular complexity index is 1130. The van der Waals surface area contributed by atoms with Crippen LogP contribution in [0.25, 0.3) is 10.8 Å². The maximum Gasteiger partial charge on any atom is 0.133 e. The van der Waals surface area contributed by atoms with Gasteiger partial charge in [0.1, 0.15) is 27.7 Å².